The number of ether oxygens (including phenoxy) is 2. The molecular formula is C15H20F2N6O2. The van der Waals surface area contributed by atoms with E-state index in [0.29, 0.717) is 29.6 Å². The number of nitrogens with one attached hydrogen (secondary N) is 3. The molecule has 1 aliphatic heterocycles. The van der Waals surface area contributed by atoms with Gasteiger partial charge in [0.1, 0.15) is 11.9 Å². The van der Waals surface area contributed by atoms with Crippen molar-refractivity contribution >= 4 is 11.6 Å². The zero-order valence-corrected chi connectivity index (χ0v) is 13.9. The fourth-order valence-electron chi connectivity index (χ4n) is 2.90. The minimum atomic E-state index is -2.93. The lowest BCUT2D eigenvalue weighted by atomic mass is 9.98. The summed E-state index contributed by atoms with van der Waals surface area (Å²) in [6.45, 7) is 1.31. The maximum atomic E-state index is 12.1. The van der Waals surface area contributed by atoms with Crippen molar-refractivity contribution in [2.24, 2.45) is 0 Å². The highest BCUT2D eigenvalue weighted by molar-refractivity contribution is 5.51. The topological polar surface area (TPSA) is 97.0 Å². The summed E-state index contributed by atoms with van der Waals surface area (Å²) in [5, 5.41) is 12.5. The van der Waals surface area contributed by atoms with Crippen LogP contribution in [0.15, 0.2) is 18.5 Å². The largest absolute Gasteiger partial charge is 0.473 e. The Morgan fingerprint density at radius 2 is 1.96 bits per heavy atom. The van der Waals surface area contributed by atoms with E-state index >= 15 is 0 Å². The monoisotopic (exact) mass is 354 g/mol. The van der Waals surface area contributed by atoms with Crippen LogP contribution in [0.4, 0.5) is 20.4 Å². The zero-order chi connectivity index (χ0) is 17.8. The van der Waals surface area contributed by atoms with E-state index in [4.69, 9.17) is 4.74 Å². The molecule has 8 nitrogen and oxygen atoms in total. The minimum absolute atomic E-state index is 0.0639. The van der Waals surface area contributed by atoms with Gasteiger partial charge in [-0.1, -0.05) is 0 Å². The first-order valence-corrected chi connectivity index (χ1v) is 8.00. The number of aromatic nitrogens is 4. The highest BCUT2D eigenvalue weighted by Gasteiger charge is 2.25. The number of aromatic amines is 1. The molecule has 136 valence electrons. The third kappa shape index (κ3) is 4.99. The van der Waals surface area contributed by atoms with Crippen LogP contribution >= 0.6 is 0 Å². The molecular weight excluding hydrogens is 334 g/mol. The van der Waals surface area contributed by atoms with Gasteiger partial charge in [-0.3, -0.25) is 10.1 Å². The van der Waals surface area contributed by atoms with Crippen LogP contribution < -0.4 is 20.1 Å². The van der Waals surface area contributed by atoms with Crippen LogP contribution in [0.2, 0.25) is 0 Å². The molecule has 0 saturated carbocycles. The van der Waals surface area contributed by atoms with Crippen LogP contribution in [0.3, 0.4) is 0 Å². The molecule has 0 bridgehead atoms. The van der Waals surface area contributed by atoms with Crippen molar-refractivity contribution in [3.8, 4) is 11.8 Å². The van der Waals surface area contributed by atoms with Crippen molar-refractivity contribution in [3.05, 3.63) is 18.5 Å². The van der Waals surface area contributed by atoms with E-state index in [1.165, 1.54) is 12.3 Å². The van der Waals surface area contributed by atoms with E-state index in [9.17, 15) is 8.78 Å². The Morgan fingerprint density at radius 1 is 1.20 bits per heavy atom. The molecule has 0 aliphatic carbocycles. The van der Waals surface area contributed by atoms with Crippen molar-refractivity contribution < 1.29 is 18.3 Å². The Kier molecular flexibility index (Phi) is 5.27. The van der Waals surface area contributed by atoms with Gasteiger partial charge >= 0.3 is 6.61 Å². The van der Waals surface area contributed by atoms with Gasteiger partial charge in [-0.05, 0) is 26.7 Å². The summed E-state index contributed by atoms with van der Waals surface area (Å²) < 4.78 is 34.4. The molecule has 3 atom stereocenters. The highest BCUT2D eigenvalue weighted by Crippen LogP contribution is 2.22. The lowest BCUT2D eigenvalue weighted by Crippen LogP contribution is -2.46. The average Bonchev–Trinajstić information content (AvgIpc) is 2.92. The number of hydrogen-bond donors (Lipinski definition) is 3. The number of rotatable bonds is 6. The van der Waals surface area contributed by atoms with E-state index in [1.807, 2.05) is 0 Å². The van der Waals surface area contributed by atoms with Crippen LogP contribution in [0.1, 0.15) is 26.7 Å². The lowest BCUT2D eigenvalue weighted by Gasteiger charge is -2.32. The maximum absolute atomic E-state index is 12.1. The fraction of sp³-hybridized carbons (Fsp3) is 0.533. The summed E-state index contributed by atoms with van der Waals surface area (Å²) in [4.78, 5) is 8.42. The van der Waals surface area contributed by atoms with Crippen molar-refractivity contribution in [2.75, 3.05) is 5.32 Å². The SMILES string of the molecule is CC1CC(Oc2cncc(Nc3cc(OC(F)F)n[nH]3)n2)C[C@H](C)N1. The van der Waals surface area contributed by atoms with Gasteiger partial charge < -0.3 is 20.1 Å². The minimum Gasteiger partial charge on any atom is -0.473 e. The van der Waals surface area contributed by atoms with E-state index in [1.54, 1.807) is 6.20 Å². The number of anilines is 2. The lowest BCUT2D eigenvalue weighted by molar-refractivity contribution is -0.0528. The quantitative estimate of drug-likeness (QED) is 0.733. The molecule has 0 spiro atoms. The third-order valence-corrected chi connectivity index (χ3v) is 3.73. The number of hydrogen-bond acceptors (Lipinski definition) is 7. The summed E-state index contributed by atoms with van der Waals surface area (Å²) in [6, 6.07) is 2.06. The normalized spacial score (nSPS) is 23.5. The number of piperidine rings is 1. The molecule has 2 aromatic rings. The Morgan fingerprint density at radius 3 is 2.68 bits per heavy atom. The highest BCUT2D eigenvalue weighted by atomic mass is 19.3. The molecule has 10 heteroatoms. The average molecular weight is 354 g/mol. The standard InChI is InChI=1S/C15H20F2N6O2/c1-8-3-10(4-9(2)19-8)24-14-7-18-6-12(21-14)20-11-5-13(23-22-11)25-15(16)17/h5-10,15,19H,3-4H2,1-2H3,(H2,20,21,22,23)/t8-,9?,10?/m0/s1. The second-order valence-electron chi connectivity index (χ2n) is 6.05. The fourth-order valence-corrected chi connectivity index (χ4v) is 2.90. The Bertz CT molecular complexity index is 688. The number of halogens is 2. The predicted octanol–water partition coefficient (Wildman–Crippen LogP) is 2.45. The Labute approximate surface area is 143 Å². The van der Waals surface area contributed by atoms with Gasteiger partial charge in [0.05, 0.1) is 12.4 Å². The molecule has 3 heterocycles. The van der Waals surface area contributed by atoms with E-state index in [0.717, 1.165) is 12.8 Å². The first-order valence-electron chi connectivity index (χ1n) is 8.00. The van der Waals surface area contributed by atoms with Crippen molar-refractivity contribution in [3.63, 3.8) is 0 Å². The third-order valence-electron chi connectivity index (χ3n) is 3.73. The van der Waals surface area contributed by atoms with Gasteiger partial charge in [0.25, 0.3) is 0 Å². The molecule has 1 fully saturated rings. The van der Waals surface area contributed by atoms with Crippen molar-refractivity contribution in [1.29, 1.82) is 0 Å². The summed E-state index contributed by atoms with van der Waals surface area (Å²) in [7, 11) is 0. The Hall–Kier alpha value is -2.49. The number of alkyl halides is 2. The van der Waals surface area contributed by atoms with Gasteiger partial charge in [0.15, 0.2) is 5.82 Å². The molecule has 2 unspecified atom stereocenters. The summed E-state index contributed by atoms with van der Waals surface area (Å²) in [6.07, 6.45) is 4.88. The first kappa shape index (κ1) is 17.3. The van der Waals surface area contributed by atoms with Crippen LogP contribution in [0, 0.1) is 0 Å². The molecule has 0 amide bonds. The molecule has 1 saturated heterocycles. The zero-order valence-electron chi connectivity index (χ0n) is 13.9. The van der Waals surface area contributed by atoms with Gasteiger partial charge in [-0.15, -0.1) is 5.10 Å². The summed E-state index contributed by atoms with van der Waals surface area (Å²) in [5.41, 5.74) is 0. The summed E-state index contributed by atoms with van der Waals surface area (Å²) >= 11 is 0. The number of nitrogens with zero attached hydrogens (tertiary/aromatic N) is 3. The van der Waals surface area contributed by atoms with E-state index in [2.05, 4.69) is 49.4 Å². The van der Waals surface area contributed by atoms with Gasteiger partial charge in [0.2, 0.25) is 11.8 Å². The van der Waals surface area contributed by atoms with Gasteiger partial charge in [-0.25, -0.2) is 0 Å². The Balaban J connectivity index is 1.62. The molecule has 3 N–H and O–H groups in total. The van der Waals surface area contributed by atoms with Gasteiger partial charge in [0, 0.05) is 18.2 Å². The second-order valence-corrected chi connectivity index (χ2v) is 6.05. The van der Waals surface area contributed by atoms with Crippen LogP contribution in [0.25, 0.3) is 0 Å². The molecule has 1 aliphatic rings. The maximum Gasteiger partial charge on any atom is 0.388 e. The number of H-pyrrole nitrogens is 1. The van der Waals surface area contributed by atoms with Crippen molar-refractivity contribution in [2.45, 2.75) is 51.5 Å². The second kappa shape index (κ2) is 7.60. The van der Waals surface area contributed by atoms with Crippen LogP contribution in [-0.2, 0) is 0 Å². The molecule has 0 aromatic carbocycles. The van der Waals surface area contributed by atoms with Gasteiger partial charge in [-0.2, -0.15) is 13.8 Å². The molecule has 0 radical (unpaired) electrons. The van der Waals surface area contributed by atoms with E-state index in [-0.39, 0.29) is 12.0 Å². The molecule has 2 aromatic heterocycles. The molecule has 25 heavy (non-hydrogen) atoms. The van der Waals surface area contributed by atoms with E-state index < -0.39 is 6.61 Å². The summed E-state index contributed by atoms with van der Waals surface area (Å²) in [5.74, 6) is 0.946. The van der Waals surface area contributed by atoms with Crippen molar-refractivity contribution in [1.82, 2.24) is 25.5 Å². The predicted molar refractivity (Wildman–Crippen MR) is 86.2 cm³/mol. The smallest absolute Gasteiger partial charge is 0.388 e. The first-order chi connectivity index (χ1) is 12.0. The molecule has 3 rings (SSSR count). The van der Waals surface area contributed by atoms with Crippen LogP contribution in [0.5, 0.6) is 11.8 Å². The van der Waals surface area contributed by atoms with Crippen LogP contribution in [-0.4, -0.2) is 45.0 Å².